The molecule has 2 rings (SSSR count). The Labute approximate surface area is 113 Å². The van der Waals surface area contributed by atoms with Gasteiger partial charge in [0.25, 0.3) is 0 Å². The third kappa shape index (κ3) is 3.56. The fraction of sp³-hybridized carbons (Fsp3) is 0.643. The number of ether oxygens (including phenoxy) is 1. The quantitative estimate of drug-likeness (QED) is 0.772. The number of esters is 1. The number of thiophene rings is 1. The molecule has 0 spiro atoms. The number of hydrogen-bond donors (Lipinski definition) is 1. The maximum absolute atomic E-state index is 11.2. The number of carbonyl (C=O) groups excluding carboxylic acids is 1. The molecule has 0 bridgehead atoms. The van der Waals surface area contributed by atoms with Crippen molar-refractivity contribution in [1.29, 1.82) is 0 Å². The smallest absolute Gasteiger partial charge is 0.310 e. The average molecular weight is 267 g/mol. The number of hydrogen-bond acceptors (Lipinski definition) is 4. The molecule has 0 unspecified atom stereocenters. The second kappa shape index (κ2) is 5.85. The van der Waals surface area contributed by atoms with Gasteiger partial charge in [0, 0.05) is 22.8 Å². The van der Waals surface area contributed by atoms with E-state index in [1.165, 1.54) is 31.2 Å². The molecule has 100 valence electrons. The van der Waals surface area contributed by atoms with Crippen molar-refractivity contribution in [3.63, 3.8) is 0 Å². The standard InChI is InChI=1S/C14H21NO2S/c1-3-14(6-7-14)10-15-9-12-5-4-11(18-12)8-13(16)17-2/h4-5,15H,3,6-10H2,1-2H3. The molecule has 0 aromatic carbocycles. The lowest BCUT2D eigenvalue weighted by atomic mass is 10.0. The zero-order valence-electron chi connectivity index (χ0n) is 11.1. The first-order valence-corrected chi connectivity index (χ1v) is 7.34. The lowest BCUT2D eigenvalue weighted by Gasteiger charge is -2.12. The molecule has 18 heavy (non-hydrogen) atoms. The van der Waals surface area contributed by atoms with Crippen molar-refractivity contribution in [2.45, 2.75) is 39.2 Å². The molecule has 1 fully saturated rings. The first-order valence-electron chi connectivity index (χ1n) is 6.52. The van der Waals surface area contributed by atoms with Gasteiger partial charge in [0.1, 0.15) is 0 Å². The predicted octanol–water partition coefficient (Wildman–Crippen LogP) is 2.74. The van der Waals surface area contributed by atoms with Crippen molar-refractivity contribution < 1.29 is 9.53 Å². The molecule has 0 atom stereocenters. The normalized spacial score (nSPS) is 16.6. The second-order valence-electron chi connectivity index (χ2n) is 5.08. The lowest BCUT2D eigenvalue weighted by Crippen LogP contribution is -2.22. The molecule has 1 N–H and O–H groups in total. The lowest BCUT2D eigenvalue weighted by molar-refractivity contribution is -0.139. The maximum atomic E-state index is 11.2. The Morgan fingerprint density at radius 3 is 2.78 bits per heavy atom. The van der Waals surface area contributed by atoms with Crippen LogP contribution in [0.25, 0.3) is 0 Å². The van der Waals surface area contributed by atoms with E-state index in [9.17, 15) is 4.79 Å². The molecule has 1 aliphatic carbocycles. The average Bonchev–Trinajstić information content (AvgIpc) is 3.03. The predicted molar refractivity (Wildman–Crippen MR) is 73.7 cm³/mol. The Bertz CT molecular complexity index is 410. The molecule has 1 aliphatic rings. The molecule has 0 aliphatic heterocycles. The van der Waals surface area contributed by atoms with Crippen molar-refractivity contribution in [2.75, 3.05) is 13.7 Å². The highest BCUT2D eigenvalue weighted by Gasteiger charge is 2.39. The van der Waals surface area contributed by atoms with Crippen LogP contribution in [0.4, 0.5) is 0 Å². The van der Waals surface area contributed by atoms with Crippen molar-refractivity contribution in [3.05, 3.63) is 21.9 Å². The van der Waals surface area contributed by atoms with Crippen molar-refractivity contribution in [3.8, 4) is 0 Å². The van der Waals surface area contributed by atoms with Crippen LogP contribution in [-0.4, -0.2) is 19.6 Å². The van der Waals surface area contributed by atoms with Gasteiger partial charge in [0.05, 0.1) is 13.5 Å². The Morgan fingerprint density at radius 2 is 2.17 bits per heavy atom. The van der Waals surface area contributed by atoms with E-state index < -0.39 is 0 Å². The van der Waals surface area contributed by atoms with E-state index in [-0.39, 0.29) is 5.97 Å². The molecule has 3 nitrogen and oxygen atoms in total. The molecule has 1 heterocycles. The zero-order chi connectivity index (χ0) is 13.0. The highest BCUT2D eigenvalue weighted by Crippen LogP contribution is 2.47. The van der Waals surface area contributed by atoms with Gasteiger partial charge in [-0.1, -0.05) is 6.92 Å². The Kier molecular flexibility index (Phi) is 4.40. The molecule has 0 radical (unpaired) electrons. The van der Waals surface area contributed by atoms with Gasteiger partial charge in [0.2, 0.25) is 0 Å². The van der Waals surface area contributed by atoms with Gasteiger partial charge in [-0.3, -0.25) is 4.79 Å². The molecule has 1 aromatic rings. The minimum Gasteiger partial charge on any atom is -0.469 e. The van der Waals surface area contributed by atoms with Crippen molar-refractivity contribution in [2.24, 2.45) is 5.41 Å². The van der Waals surface area contributed by atoms with Crippen LogP contribution in [0.3, 0.4) is 0 Å². The van der Waals surface area contributed by atoms with E-state index in [0.29, 0.717) is 11.8 Å². The van der Waals surface area contributed by atoms with E-state index in [2.05, 4.69) is 23.0 Å². The Morgan fingerprint density at radius 1 is 1.44 bits per heavy atom. The summed E-state index contributed by atoms with van der Waals surface area (Å²) in [6, 6.07) is 4.12. The monoisotopic (exact) mass is 267 g/mol. The van der Waals surface area contributed by atoms with Crippen LogP contribution in [0.1, 0.15) is 35.9 Å². The molecule has 1 aromatic heterocycles. The zero-order valence-corrected chi connectivity index (χ0v) is 11.9. The summed E-state index contributed by atoms with van der Waals surface area (Å²) >= 11 is 1.69. The molecular weight excluding hydrogens is 246 g/mol. The summed E-state index contributed by atoms with van der Waals surface area (Å²) in [6.45, 7) is 4.30. The molecule has 1 saturated carbocycles. The summed E-state index contributed by atoms with van der Waals surface area (Å²) in [5.41, 5.74) is 0.589. The molecule has 0 saturated heterocycles. The second-order valence-corrected chi connectivity index (χ2v) is 6.33. The maximum Gasteiger partial charge on any atom is 0.310 e. The third-order valence-corrected chi connectivity index (χ3v) is 4.86. The van der Waals surface area contributed by atoms with Gasteiger partial charge in [0.15, 0.2) is 0 Å². The topological polar surface area (TPSA) is 38.3 Å². The summed E-state index contributed by atoms with van der Waals surface area (Å²) < 4.78 is 4.66. The van der Waals surface area contributed by atoms with E-state index in [1.54, 1.807) is 11.3 Å². The summed E-state index contributed by atoms with van der Waals surface area (Å²) in [6.07, 6.45) is 4.40. The van der Waals surface area contributed by atoms with Gasteiger partial charge in [-0.05, 0) is 36.8 Å². The highest BCUT2D eigenvalue weighted by atomic mass is 32.1. The van der Waals surface area contributed by atoms with Crippen LogP contribution in [-0.2, 0) is 22.5 Å². The number of rotatable bonds is 7. The highest BCUT2D eigenvalue weighted by molar-refractivity contribution is 7.12. The van der Waals surface area contributed by atoms with Crippen LogP contribution >= 0.6 is 11.3 Å². The van der Waals surface area contributed by atoms with Gasteiger partial charge in [-0.15, -0.1) is 11.3 Å². The third-order valence-electron chi connectivity index (χ3n) is 3.77. The van der Waals surface area contributed by atoms with Crippen LogP contribution in [0.15, 0.2) is 12.1 Å². The number of nitrogens with one attached hydrogen (secondary N) is 1. The van der Waals surface area contributed by atoms with Crippen LogP contribution in [0, 0.1) is 5.41 Å². The number of methoxy groups -OCH3 is 1. The minimum absolute atomic E-state index is 0.167. The minimum atomic E-state index is -0.167. The van der Waals surface area contributed by atoms with E-state index >= 15 is 0 Å². The molecular formula is C14H21NO2S. The molecule has 4 heteroatoms. The fourth-order valence-electron chi connectivity index (χ4n) is 2.11. The largest absolute Gasteiger partial charge is 0.469 e. The molecule has 0 amide bonds. The SMILES string of the molecule is CCC1(CNCc2ccc(CC(=O)OC)s2)CC1. The van der Waals surface area contributed by atoms with Crippen LogP contribution in [0.5, 0.6) is 0 Å². The fourth-order valence-corrected chi connectivity index (χ4v) is 3.08. The van der Waals surface area contributed by atoms with E-state index in [1.807, 2.05) is 6.07 Å². The van der Waals surface area contributed by atoms with Gasteiger partial charge in [-0.2, -0.15) is 0 Å². The van der Waals surface area contributed by atoms with Crippen LogP contribution in [0.2, 0.25) is 0 Å². The van der Waals surface area contributed by atoms with Crippen LogP contribution < -0.4 is 5.32 Å². The first kappa shape index (κ1) is 13.6. The van der Waals surface area contributed by atoms with Crippen molar-refractivity contribution in [1.82, 2.24) is 5.32 Å². The summed E-state index contributed by atoms with van der Waals surface area (Å²) in [5, 5.41) is 3.53. The van der Waals surface area contributed by atoms with Gasteiger partial charge < -0.3 is 10.1 Å². The van der Waals surface area contributed by atoms with Crippen molar-refractivity contribution >= 4 is 17.3 Å². The number of carbonyl (C=O) groups is 1. The Hall–Kier alpha value is -0.870. The van der Waals surface area contributed by atoms with E-state index in [0.717, 1.165) is 18.0 Å². The summed E-state index contributed by atoms with van der Waals surface area (Å²) in [4.78, 5) is 13.5. The summed E-state index contributed by atoms with van der Waals surface area (Å²) in [5.74, 6) is -0.167. The van der Waals surface area contributed by atoms with E-state index in [4.69, 9.17) is 0 Å². The van der Waals surface area contributed by atoms with Gasteiger partial charge in [-0.25, -0.2) is 0 Å². The Balaban J connectivity index is 1.75. The summed E-state index contributed by atoms with van der Waals surface area (Å²) in [7, 11) is 1.43. The first-order chi connectivity index (χ1) is 8.67. The van der Waals surface area contributed by atoms with Gasteiger partial charge >= 0.3 is 5.97 Å².